The summed E-state index contributed by atoms with van der Waals surface area (Å²) in [5, 5.41) is 1.00. The molecule has 0 aliphatic carbocycles. The van der Waals surface area contributed by atoms with Crippen LogP contribution in [0.2, 0.25) is 0 Å². The zero-order chi connectivity index (χ0) is 12.5. The molecular formula is C12H9N3OSSe. The van der Waals surface area contributed by atoms with Crippen LogP contribution in [0.4, 0.5) is 0 Å². The number of hydrogen-bond donors (Lipinski definition) is 0. The number of ether oxygens (including phenoxy) is 1. The standard InChI is InChI=1S/C12H9N3OSSe/c1-16-8-4-2-5-9-10(8)11(17)15(18-9)12-13-6-3-7-14-12/h2-7H,1H3. The molecule has 1 aromatic carbocycles. The average molecular weight is 322 g/mol. The number of aromatic nitrogens is 3. The Bertz CT molecular complexity index is 751. The van der Waals surface area contributed by atoms with Gasteiger partial charge in [-0.25, -0.2) is 0 Å². The molecule has 3 rings (SSSR count). The molecule has 3 aromatic rings. The molecule has 0 aliphatic rings. The van der Waals surface area contributed by atoms with Crippen molar-refractivity contribution in [2.75, 3.05) is 7.11 Å². The van der Waals surface area contributed by atoms with Gasteiger partial charge in [-0.2, -0.15) is 0 Å². The van der Waals surface area contributed by atoms with Gasteiger partial charge in [-0.05, 0) is 0 Å². The summed E-state index contributed by atoms with van der Waals surface area (Å²) in [7, 11) is 1.66. The monoisotopic (exact) mass is 323 g/mol. The van der Waals surface area contributed by atoms with E-state index in [1.165, 1.54) is 4.26 Å². The van der Waals surface area contributed by atoms with Gasteiger partial charge >= 0.3 is 115 Å². The molecule has 0 aliphatic heterocycles. The van der Waals surface area contributed by atoms with Gasteiger partial charge < -0.3 is 0 Å². The number of rotatable bonds is 2. The molecule has 0 spiro atoms. The van der Waals surface area contributed by atoms with E-state index in [1.54, 1.807) is 25.6 Å². The number of hydrogen-bond acceptors (Lipinski definition) is 4. The maximum atomic E-state index is 5.51. The van der Waals surface area contributed by atoms with E-state index in [9.17, 15) is 0 Å². The molecular weight excluding hydrogens is 313 g/mol. The molecule has 0 atom stereocenters. The van der Waals surface area contributed by atoms with Crippen molar-refractivity contribution >= 4 is 36.6 Å². The first kappa shape index (κ1) is 11.6. The summed E-state index contributed by atoms with van der Waals surface area (Å²) in [6.07, 6.45) is 3.45. The van der Waals surface area contributed by atoms with E-state index in [4.69, 9.17) is 17.0 Å². The van der Waals surface area contributed by atoms with Crippen LogP contribution in [0.25, 0.3) is 15.6 Å². The van der Waals surface area contributed by atoms with Gasteiger partial charge in [0.05, 0.1) is 0 Å². The van der Waals surface area contributed by atoms with Crippen molar-refractivity contribution in [1.82, 2.24) is 13.5 Å². The van der Waals surface area contributed by atoms with Gasteiger partial charge in [0.2, 0.25) is 0 Å². The van der Waals surface area contributed by atoms with Crippen molar-refractivity contribution in [1.29, 1.82) is 0 Å². The van der Waals surface area contributed by atoms with E-state index in [0.717, 1.165) is 15.8 Å². The van der Waals surface area contributed by atoms with E-state index in [-0.39, 0.29) is 14.7 Å². The van der Waals surface area contributed by atoms with Crippen molar-refractivity contribution in [3.63, 3.8) is 0 Å². The van der Waals surface area contributed by atoms with Gasteiger partial charge in [0.1, 0.15) is 0 Å². The summed E-state index contributed by atoms with van der Waals surface area (Å²) >= 11 is 5.58. The molecule has 0 N–H and O–H groups in total. The number of benzene rings is 1. The number of methoxy groups -OCH3 is 1. The summed E-state index contributed by atoms with van der Waals surface area (Å²) in [6.45, 7) is 0. The molecule has 0 saturated carbocycles. The fraction of sp³-hybridized carbons (Fsp3) is 0.0833. The molecule has 18 heavy (non-hydrogen) atoms. The van der Waals surface area contributed by atoms with Crippen LogP contribution in [0.1, 0.15) is 0 Å². The number of nitrogens with zero attached hydrogens (tertiary/aromatic N) is 3. The molecule has 0 fully saturated rings. The van der Waals surface area contributed by atoms with Crippen LogP contribution in [0.5, 0.6) is 5.75 Å². The van der Waals surface area contributed by atoms with E-state index in [0.29, 0.717) is 5.95 Å². The van der Waals surface area contributed by atoms with Crippen LogP contribution in [-0.2, 0) is 0 Å². The zero-order valence-corrected chi connectivity index (χ0v) is 12.1. The third kappa shape index (κ3) is 1.79. The fourth-order valence-corrected chi connectivity index (χ4v) is 4.41. The molecule has 2 heterocycles. The van der Waals surface area contributed by atoms with Crippen molar-refractivity contribution in [2.45, 2.75) is 0 Å². The van der Waals surface area contributed by atoms with Crippen LogP contribution in [0, 0.1) is 4.64 Å². The first-order valence-electron chi connectivity index (χ1n) is 5.27. The minimum absolute atomic E-state index is 0.0717. The Morgan fingerprint density at radius 3 is 2.72 bits per heavy atom. The minimum atomic E-state index is 0.0717. The Balaban J connectivity index is 2.34. The van der Waals surface area contributed by atoms with Gasteiger partial charge in [0.15, 0.2) is 0 Å². The van der Waals surface area contributed by atoms with Gasteiger partial charge in [-0.15, -0.1) is 0 Å². The summed E-state index contributed by atoms with van der Waals surface area (Å²) in [5.74, 6) is 1.47. The predicted octanol–water partition coefficient (Wildman–Crippen LogP) is 2.22. The molecule has 90 valence electrons. The maximum absolute atomic E-state index is 5.51. The van der Waals surface area contributed by atoms with Gasteiger partial charge in [-0.3, -0.25) is 0 Å². The molecule has 0 bridgehead atoms. The Kier molecular flexibility index (Phi) is 2.99. The van der Waals surface area contributed by atoms with Crippen LogP contribution in [0.3, 0.4) is 0 Å². The molecule has 0 unspecified atom stereocenters. The molecule has 0 amide bonds. The topological polar surface area (TPSA) is 39.9 Å². The van der Waals surface area contributed by atoms with Crippen LogP contribution in [-0.4, -0.2) is 35.4 Å². The number of fused-ring (bicyclic) bond motifs is 1. The van der Waals surface area contributed by atoms with Gasteiger partial charge in [-0.1, -0.05) is 0 Å². The van der Waals surface area contributed by atoms with E-state index in [1.807, 2.05) is 15.7 Å². The second-order valence-electron chi connectivity index (χ2n) is 3.57. The molecule has 0 radical (unpaired) electrons. The van der Waals surface area contributed by atoms with Crippen LogP contribution in [0.15, 0.2) is 36.7 Å². The van der Waals surface area contributed by atoms with Crippen LogP contribution < -0.4 is 4.74 Å². The second-order valence-corrected chi connectivity index (χ2v) is 6.03. The summed E-state index contributed by atoms with van der Waals surface area (Å²) < 4.78 is 9.30. The van der Waals surface area contributed by atoms with Gasteiger partial charge in [0, 0.05) is 0 Å². The Labute approximate surface area is 115 Å². The fourth-order valence-electron chi connectivity index (χ4n) is 1.74. The first-order valence-corrected chi connectivity index (χ1v) is 7.31. The Hall–Kier alpha value is -1.49. The predicted molar refractivity (Wildman–Crippen MR) is 73.2 cm³/mol. The zero-order valence-electron chi connectivity index (χ0n) is 9.53. The Morgan fingerprint density at radius 2 is 2.00 bits per heavy atom. The Morgan fingerprint density at radius 1 is 1.22 bits per heavy atom. The molecule has 6 heteroatoms. The summed E-state index contributed by atoms with van der Waals surface area (Å²) in [6, 6.07) is 7.78. The van der Waals surface area contributed by atoms with Crippen molar-refractivity contribution in [2.24, 2.45) is 0 Å². The molecule has 4 nitrogen and oxygen atoms in total. The normalized spacial score (nSPS) is 10.7. The van der Waals surface area contributed by atoms with E-state index in [2.05, 4.69) is 16.0 Å². The average Bonchev–Trinajstić information content (AvgIpc) is 2.77. The third-order valence-corrected chi connectivity index (χ3v) is 5.41. The summed E-state index contributed by atoms with van der Waals surface area (Å²) in [5.41, 5.74) is 0. The van der Waals surface area contributed by atoms with Crippen LogP contribution >= 0.6 is 12.2 Å². The summed E-state index contributed by atoms with van der Waals surface area (Å²) in [4.78, 5) is 8.50. The second kappa shape index (κ2) is 4.65. The van der Waals surface area contributed by atoms with Crippen molar-refractivity contribution < 1.29 is 4.74 Å². The van der Waals surface area contributed by atoms with E-state index >= 15 is 0 Å². The quantitative estimate of drug-likeness (QED) is 0.536. The van der Waals surface area contributed by atoms with Gasteiger partial charge in [0.25, 0.3) is 0 Å². The molecule has 2 aromatic heterocycles. The molecule has 0 saturated heterocycles. The first-order chi connectivity index (χ1) is 8.81. The van der Waals surface area contributed by atoms with E-state index < -0.39 is 0 Å². The SMILES string of the molecule is COc1cccc2[se]n(-c3ncccn3)c(=S)c12. The van der Waals surface area contributed by atoms with Crippen molar-refractivity contribution in [3.8, 4) is 11.7 Å². The third-order valence-electron chi connectivity index (χ3n) is 2.53. The van der Waals surface area contributed by atoms with Crippen molar-refractivity contribution in [3.05, 3.63) is 41.3 Å².